The molecular formula is C8O8. The molecule has 0 aromatic carbocycles. The van der Waals surface area contributed by atoms with Gasteiger partial charge in [0.15, 0.2) is 0 Å². The van der Waals surface area contributed by atoms with Crippen LogP contribution in [0.15, 0.2) is 27.3 Å². The molecule has 2 aromatic heterocycles. The third kappa shape index (κ3) is 0.874. The van der Waals surface area contributed by atoms with E-state index < -0.39 is 46.3 Å². The molecule has 1 aliphatic rings. The van der Waals surface area contributed by atoms with E-state index in [1.54, 1.807) is 0 Å². The average Bonchev–Trinajstić information content (AvgIpc) is 2.78. The van der Waals surface area contributed by atoms with Gasteiger partial charge in [-0.15, -0.1) is 0 Å². The van der Waals surface area contributed by atoms with Crippen molar-refractivity contribution in [1.82, 2.24) is 0 Å². The molecule has 0 aliphatic heterocycles. The van der Waals surface area contributed by atoms with E-state index in [4.69, 9.17) is 0 Å². The first kappa shape index (κ1) is 8.65. The van der Waals surface area contributed by atoms with Crippen LogP contribution in [0.3, 0.4) is 0 Å². The Kier molecular flexibility index (Phi) is 1.34. The quantitative estimate of drug-likeness (QED) is 0.503. The normalized spacial score (nSPS) is 13.8. The highest BCUT2D eigenvalue weighted by Crippen LogP contribution is 2.25. The van der Waals surface area contributed by atoms with Crippen LogP contribution in [-0.2, 0) is 0 Å². The molecule has 80 valence electrons. The zero-order chi connectivity index (χ0) is 11.4. The molecule has 0 saturated carbocycles. The molecule has 3 rings (SSSR count). The molecule has 8 nitrogen and oxygen atoms in total. The van der Waals surface area contributed by atoms with Crippen molar-refractivity contribution in [2.24, 2.45) is 0 Å². The van der Waals surface area contributed by atoms with Crippen LogP contribution in [0, 0.1) is 0 Å². The van der Waals surface area contributed by atoms with Crippen molar-refractivity contribution >= 4 is 11.6 Å². The molecule has 1 aliphatic carbocycles. The third-order valence-corrected chi connectivity index (χ3v) is 1.98. The highest BCUT2D eigenvalue weighted by atomic mass is 16.6. The van der Waals surface area contributed by atoms with Gasteiger partial charge in [0.25, 0.3) is 11.6 Å². The van der Waals surface area contributed by atoms with E-state index in [2.05, 4.69) is 17.7 Å². The summed E-state index contributed by atoms with van der Waals surface area (Å²) >= 11 is 0. The van der Waals surface area contributed by atoms with Gasteiger partial charge in [-0.3, -0.25) is 9.59 Å². The van der Waals surface area contributed by atoms with Gasteiger partial charge in [-0.2, -0.15) is 0 Å². The fourth-order valence-corrected chi connectivity index (χ4v) is 1.36. The molecule has 16 heavy (non-hydrogen) atoms. The Labute approximate surface area is 84.1 Å². The first-order chi connectivity index (χ1) is 7.58. The van der Waals surface area contributed by atoms with Crippen molar-refractivity contribution in [3.8, 4) is 0 Å². The molecule has 0 amide bonds. The molecule has 8 heteroatoms. The Bertz CT molecular complexity index is 615. The van der Waals surface area contributed by atoms with Crippen molar-refractivity contribution in [3.63, 3.8) is 0 Å². The Morgan fingerprint density at radius 2 is 0.750 bits per heavy atom. The number of carbonyl (C=O) groups is 2. The smallest absolute Gasteiger partial charge is 0.386 e. The van der Waals surface area contributed by atoms with E-state index in [1.165, 1.54) is 0 Å². The van der Waals surface area contributed by atoms with E-state index in [0.29, 0.717) is 0 Å². The molecular weight excluding hydrogens is 224 g/mol. The summed E-state index contributed by atoms with van der Waals surface area (Å²) in [6.45, 7) is 0. The van der Waals surface area contributed by atoms with Crippen molar-refractivity contribution in [3.05, 3.63) is 44.3 Å². The van der Waals surface area contributed by atoms with Crippen molar-refractivity contribution in [1.29, 1.82) is 0 Å². The maximum atomic E-state index is 11.5. The number of hydrogen-bond acceptors (Lipinski definition) is 8. The van der Waals surface area contributed by atoms with E-state index in [-0.39, 0.29) is 0 Å². The minimum atomic E-state index is -1.20. The second-order valence-electron chi connectivity index (χ2n) is 2.88. The molecule has 0 bridgehead atoms. The third-order valence-electron chi connectivity index (χ3n) is 1.98. The van der Waals surface area contributed by atoms with Gasteiger partial charge in [-0.05, 0) is 0 Å². The Hall–Kier alpha value is -2.64. The van der Waals surface area contributed by atoms with Gasteiger partial charge >= 0.3 is 11.6 Å². The molecule has 0 radical (unpaired) electrons. The van der Waals surface area contributed by atoms with Gasteiger partial charge in [0.05, 0.1) is 0 Å². The lowest BCUT2D eigenvalue weighted by atomic mass is 10.0. The predicted octanol–water partition coefficient (Wildman–Crippen LogP) is -0.446. The Balaban J connectivity index is 2.41. The van der Waals surface area contributed by atoms with Crippen LogP contribution >= 0.6 is 0 Å². The summed E-state index contributed by atoms with van der Waals surface area (Å²) in [5, 5.41) is 0. The standard InChI is InChI=1S/C8O8/c9-1-3-5(15-7(11)13-3)2(10)6-4(1)14-8(12)16-6. The first-order valence-corrected chi connectivity index (χ1v) is 3.95. The fourth-order valence-electron chi connectivity index (χ4n) is 1.36. The van der Waals surface area contributed by atoms with Crippen molar-refractivity contribution in [2.45, 2.75) is 0 Å². The van der Waals surface area contributed by atoms with Crippen molar-refractivity contribution in [2.75, 3.05) is 0 Å². The van der Waals surface area contributed by atoms with E-state index in [1.807, 2.05) is 0 Å². The predicted molar refractivity (Wildman–Crippen MR) is 41.4 cm³/mol. The second-order valence-corrected chi connectivity index (χ2v) is 2.88. The summed E-state index contributed by atoms with van der Waals surface area (Å²) in [4.78, 5) is 44.5. The van der Waals surface area contributed by atoms with Crippen LogP contribution in [-0.4, -0.2) is 11.6 Å². The second kappa shape index (κ2) is 2.48. The van der Waals surface area contributed by atoms with Gasteiger partial charge in [0.2, 0.25) is 23.0 Å². The van der Waals surface area contributed by atoms with Crippen LogP contribution in [0.4, 0.5) is 0 Å². The number of rotatable bonds is 0. The summed E-state index contributed by atoms with van der Waals surface area (Å²) in [6, 6.07) is 0. The van der Waals surface area contributed by atoms with E-state index >= 15 is 0 Å². The molecule has 0 spiro atoms. The van der Waals surface area contributed by atoms with Crippen LogP contribution in [0.25, 0.3) is 0 Å². The molecule has 0 atom stereocenters. The maximum Gasteiger partial charge on any atom is 0.519 e. The lowest BCUT2D eigenvalue weighted by molar-refractivity contribution is 0.0919. The van der Waals surface area contributed by atoms with Gasteiger partial charge in [-0.1, -0.05) is 0 Å². The minimum absolute atomic E-state index is 0.591. The summed E-state index contributed by atoms with van der Waals surface area (Å²) in [6.07, 6.45) is 0. The monoisotopic (exact) mass is 224 g/mol. The van der Waals surface area contributed by atoms with Gasteiger partial charge < -0.3 is 17.7 Å². The number of carbonyl (C=O) groups excluding carboxylic acids is 2. The summed E-state index contributed by atoms with van der Waals surface area (Å²) < 4.78 is 17.4. The number of hydrogen-bond donors (Lipinski definition) is 0. The first-order valence-electron chi connectivity index (χ1n) is 3.95. The zero-order valence-electron chi connectivity index (χ0n) is 7.27. The van der Waals surface area contributed by atoms with E-state index in [9.17, 15) is 19.2 Å². The Morgan fingerprint density at radius 3 is 1.00 bits per heavy atom. The van der Waals surface area contributed by atoms with Gasteiger partial charge in [0, 0.05) is 0 Å². The molecule has 0 N–H and O–H groups in total. The lowest BCUT2D eigenvalue weighted by Gasteiger charge is -2.00. The lowest BCUT2D eigenvalue weighted by Crippen LogP contribution is -2.16. The van der Waals surface area contributed by atoms with Crippen LogP contribution in [0.2, 0.25) is 0 Å². The largest absolute Gasteiger partial charge is 0.519 e. The van der Waals surface area contributed by atoms with Gasteiger partial charge in [0.1, 0.15) is 0 Å². The summed E-state index contributed by atoms with van der Waals surface area (Å²) in [7, 11) is 0. The van der Waals surface area contributed by atoms with Gasteiger partial charge in [-0.25, -0.2) is 9.59 Å². The molecule has 2 aromatic rings. The number of ketones is 2. The SMILES string of the molecule is O=C1c2oc(=O)oc2C(=O)c2oc(=O)oc21. The zero-order valence-corrected chi connectivity index (χ0v) is 7.27. The van der Waals surface area contributed by atoms with Crippen LogP contribution in [0.1, 0.15) is 32.6 Å². The molecule has 2 heterocycles. The highest BCUT2D eigenvalue weighted by molar-refractivity contribution is 6.23. The summed E-state index contributed by atoms with van der Waals surface area (Å²) in [5.74, 6) is -6.64. The molecule has 0 fully saturated rings. The van der Waals surface area contributed by atoms with Crippen molar-refractivity contribution < 1.29 is 27.3 Å². The molecule has 0 saturated heterocycles. The summed E-state index contributed by atoms with van der Waals surface area (Å²) in [5.41, 5.74) is 0. The minimum Gasteiger partial charge on any atom is -0.386 e. The van der Waals surface area contributed by atoms with Crippen LogP contribution < -0.4 is 11.6 Å². The Morgan fingerprint density at radius 1 is 0.500 bits per heavy atom. The van der Waals surface area contributed by atoms with Crippen LogP contribution in [0.5, 0.6) is 0 Å². The fraction of sp³-hybridized carbons (Fsp3) is 0. The highest BCUT2D eigenvalue weighted by Gasteiger charge is 2.42. The average molecular weight is 224 g/mol. The number of fused-ring (bicyclic) bond motifs is 2. The van der Waals surface area contributed by atoms with E-state index in [0.717, 1.165) is 0 Å². The topological polar surface area (TPSA) is 121 Å². The maximum absolute atomic E-state index is 11.5. The molecule has 0 unspecified atom stereocenters.